The summed E-state index contributed by atoms with van der Waals surface area (Å²) >= 11 is 0. The van der Waals surface area contributed by atoms with E-state index in [2.05, 4.69) is 10.7 Å². The number of urea groups is 1. The Morgan fingerprint density at radius 1 is 1.00 bits per heavy atom. The molecule has 0 bridgehead atoms. The van der Waals surface area contributed by atoms with Crippen molar-refractivity contribution >= 4 is 27.9 Å². The van der Waals surface area contributed by atoms with Crippen LogP contribution in [0.3, 0.4) is 0 Å². The molecule has 2 aliphatic heterocycles. The highest BCUT2D eigenvalue weighted by molar-refractivity contribution is 7.89. The molecule has 0 aliphatic carbocycles. The van der Waals surface area contributed by atoms with Crippen LogP contribution in [0.4, 0.5) is 4.79 Å². The predicted octanol–water partition coefficient (Wildman–Crippen LogP) is 1.19. The number of carbonyl (C=O) groups is 3. The zero-order valence-corrected chi connectivity index (χ0v) is 20.5. The van der Waals surface area contributed by atoms with Crippen LogP contribution in [0.25, 0.3) is 0 Å². The molecule has 0 saturated carbocycles. The molecular formula is C24H29N5O5S. The molecule has 0 spiro atoms. The maximum atomic E-state index is 13.0. The molecule has 0 aromatic heterocycles. The number of benzene rings is 2. The first-order chi connectivity index (χ1) is 16.6. The summed E-state index contributed by atoms with van der Waals surface area (Å²) in [6.07, 6.45) is 0.549. The molecule has 10 nitrogen and oxygen atoms in total. The number of imide groups is 1. The van der Waals surface area contributed by atoms with Crippen LogP contribution in [-0.2, 0) is 25.2 Å². The molecule has 2 N–H and O–H groups in total. The van der Waals surface area contributed by atoms with Gasteiger partial charge in [0.15, 0.2) is 0 Å². The number of nitrogens with one attached hydrogen (secondary N) is 2. The summed E-state index contributed by atoms with van der Waals surface area (Å²) in [7, 11) is -3.63. The van der Waals surface area contributed by atoms with Crippen LogP contribution in [0.1, 0.15) is 24.5 Å². The van der Waals surface area contributed by atoms with Gasteiger partial charge in [0.05, 0.1) is 11.4 Å². The lowest BCUT2D eigenvalue weighted by Gasteiger charge is -2.23. The van der Waals surface area contributed by atoms with Crippen LogP contribution in [-0.4, -0.2) is 73.2 Å². The zero-order chi connectivity index (χ0) is 25.2. The van der Waals surface area contributed by atoms with E-state index in [0.29, 0.717) is 36.6 Å². The van der Waals surface area contributed by atoms with Crippen molar-refractivity contribution in [3.8, 4) is 0 Å². The summed E-state index contributed by atoms with van der Waals surface area (Å²) in [5.41, 5.74) is 2.71. The van der Waals surface area contributed by atoms with Crippen molar-refractivity contribution < 1.29 is 22.8 Å². The van der Waals surface area contributed by atoms with E-state index in [1.807, 2.05) is 17.9 Å². The molecule has 186 valence electrons. The molecule has 2 heterocycles. The van der Waals surface area contributed by atoms with Crippen molar-refractivity contribution in [2.45, 2.75) is 30.7 Å². The number of sulfonamides is 1. The maximum Gasteiger partial charge on any atom is 0.344 e. The third kappa shape index (κ3) is 5.07. The molecule has 11 heteroatoms. The fourth-order valence-electron chi connectivity index (χ4n) is 4.28. The molecule has 2 aromatic rings. The number of rotatable bonds is 6. The van der Waals surface area contributed by atoms with Gasteiger partial charge in [-0.1, -0.05) is 48.0 Å². The topological polar surface area (TPSA) is 119 Å². The predicted molar refractivity (Wildman–Crippen MR) is 128 cm³/mol. The first-order valence-corrected chi connectivity index (χ1v) is 12.9. The van der Waals surface area contributed by atoms with Crippen molar-refractivity contribution in [2.75, 3.05) is 32.7 Å². The number of hydrogen-bond donors (Lipinski definition) is 2. The van der Waals surface area contributed by atoms with E-state index in [0.717, 1.165) is 5.56 Å². The number of carbonyl (C=O) groups excluding carboxylic acids is 3. The van der Waals surface area contributed by atoms with Gasteiger partial charge in [0.1, 0.15) is 5.54 Å². The van der Waals surface area contributed by atoms with Gasteiger partial charge in [-0.2, -0.15) is 9.31 Å². The Bertz CT molecular complexity index is 1220. The van der Waals surface area contributed by atoms with Gasteiger partial charge >= 0.3 is 6.03 Å². The molecule has 0 unspecified atom stereocenters. The van der Waals surface area contributed by atoms with Gasteiger partial charge in [0.2, 0.25) is 10.0 Å². The largest absolute Gasteiger partial charge is 0.344 e. The average Bonchev–Trinajstić information content (AvgIpc) is 2.99. The average molecular weight is 500 g/mol. The number of hydrazine groups is 1. The Kier molecular flexibility index (Phi) is 6.93. The van der Waals surface area contributed by atoms with Crippen LogP contribution in [0.5, 0.6) is 0 Å². The first kappa shape index (κ1) is 24.8. The number of hydrogen-bond acceptors (Lipinski definition) is 6. The van der Waals surface area contributed by atoms with Gasteiger partial charge in [-0.05, 0) is 44.5 Å². The lowest BCUT2D eigenvalue weighted by atomic mass is 9.92. The van der Waals surface area contributed by atoms with Crippen molar-refractivity contribution in [1.82, 2.24) is 25.0 Å². The second kappa shape index (κ2) is 9.76. The smallest absolute Gasteiger partial charge is 0.318 e. The first-order valence-electron chi connectivity index (χ1n) is 11.4. The lowest BCUT2D eigenvalue weighted by Crippen LogP contribution is -2.51. The van der Waals surface area contributed by atoms with Crippen molar-refractivity contribution in [1.29, 1.82) is 0 Å². The summed E-state index contributed by atoms with van der Waals surface area (Å²) in [5.74, 6) is -1.10. The van der Waals surface area contributed by atoms with E-state index in [1.165, 1.54) is 4.31 Å². The Labute approximate surface area is 204 Å². The van der Waals surface area contributed by atoms with E-state index < -0.39 is 33.4 Å². The second-order valence-electron chi connectivity index (χ2n) is 8.94. The minimum Gasteiger partial charge on any atom is -0.318 e. The number of aryl methyl sites for hydroxylation is 1. The van der Waals surface area contributed by atoms with Gasteiger partial charge in [0.25, 0.3) is 11.8 Å². The normalized spacial score (nSPS) is 22.1. The molecule has 35 heavy (non-hydrogen) atoms. The minimum atomic E-state index is -3.63. The van der Waals surface area contributed by atoms with Gasteiger partial charge < -0.3 is 5.32 Å². The van der Waals surface area contributed by atoms with Crippen LogP contribution < -0.4 is 10.7 Å². The molecule has 2 aromatic carbocycles. The zero-order valence-electron chi connectivity index (χ0n) is 19.7. The third-order valence-electron chi connectivity index (χ3n) is 6.35. The Morgan fingerprint density at radius 2 is 1.69 bits per heavy atom. The maximum absolute atomic E-state index is 13.0. The van der Waals surface area contributed by atoms with Crippen molar-refractivity contribution in [3.05, 3.63) is 65.7 Å². The molecule has 2 saturated heterocycles. The van der Waals surface area contributed by atoms with E-state index >= 15 is 0 Å². The SMILES string of the molecule is Cc1ccc(S(=O)(=O)N2CCCN(CC(=O)NN3C(=O)N[C@@](C)(c4ccccc4)C3=O)CC2)cc1. The molecule has 2 aliphatic rings. The van der Waals surface area contributed by atoms with E-state index in [4.69, 9.17) is 0 Å². The standard InChI is InChI=1S/C24H29N5O5S/c1-18-9-11-20(12-10-18)35(33,34)28-14-6-13-27(15-16-28)17-21(30)26-29-22(31)24(2,25-23(29)32)19-7-4-3-5-8-19/h3-5,7-12H,6,13-17H2,1-2H3,(H,25,32)(H,26,30)/t24-/m0/s1. The van der Waals surface area contributed by atoms with E-state index in [9.17, 15) is 22.8 Å². The number of nitrogens with zero attached hydrogens (tertiary/aromatic N) is 3. The lowest BCUT2D eigenvalue weighted by molar-refractivity contribution is -0.139. The minimum absolute atomic E-state index is 0.0719. The van der Waals surface area contributed by atoms with Crippen LogP contribution in [0.2, 0.25) is 0 Å². The van der Waals surface area contributed by atoms with E-state index in [1.54, 1.807) is 55.5 Å². The Hall–Kier alpha value is -3.28. The molecule has 1 atom stereocenters. The molecular weight excluding hydrogens is 470 g/mol. The summed E-state index contributed by atoms with van der Waals surface area (Å²) in [6, 6.07) is 14.8. The summed E-state index contributed by atoms with van der Waals surface area (Å²) in [5, 5.41) is 3.35. The molecule has 4 amide bonds. The molecule has 2 fully saturated rings. The van der Waals surface area contributed by atoms with Gasteiger partial charge in [-0.25, -0.2) is 13.2 Å². The number of amides is 4. The summed E-state index contributed by atoms with van der Waals surface area (Å²) in [6.45, 7) is 4.85. The molecule has 4 rings (SSSR count). The fraction of sp³-hybridized carbons (Fsp3) is 0.375. The Balaban J connectivity index is 1.36. The molecule has 0 radical (unpaired) electrons. The van der Waals surface area contributed by atoms with E-state index in [-0.39, 0.29) is 18.0 Å². The van der Waals surface area contributed by atoms with Crippen molar-refractivity contribution in [2.24, 2.45) is 0 Å². The van der Waals surface area contributed by atoms with Crippen LogP contribution >= 0.6 is 0 Å². The highest BCUT2D eigenvalue weighted by Gasteiger charge is 2.50. The third-order valence-corrected chi connectivity index (χ3v) is 8.26. The quantitative estimate of drug-likeness (QED) is 0.577. The van der Waals surface area contributed by atoms with Crippen molar-refractivity contribution in [3.63, 3.8) is 0 Å². The Morgan fingerprint density at radius 3 is 2.37 bits per heavy atom. The van der Waals surface area contributed by atoms with Crippen LogP contribution in [0, 0.1) is 6.92 Å². The van der Waals surface area contributed by atoms with Crippen LogP contribution in [0.15, 0.2) is 59.5 Å². The monoisotopic (exact) mass is 499 g/mol. The van der Waals surface area contributed by atoms with Gasteiger partial charge in [-0.15, -0.1) is 0 Å². The second-order valence-corrected chi connectivity index (χ2v) is 10.9. The van der Waals surface area contributed by atoms with Gasteiger partial charge in [0, 0.05) is 19.6 Å². The van der Waals surface area contributed by atoms with Gasteiger partial charge in [-0.3, -0.25) is 19.9 Å². The summed E-state index contributed by atoms with van der Waals surface area (Å²) in [4.78, 5) is 40.2. The fourth-order valence-corrected chi connectivity index (χ4v) is 5.75. The highest BCUT2D eigenvalue weighted by Crippen LogP contribution is 2.27. The summed E-state index contributed by atoms with van der Waals surface area (Å²) < 4.78 is 27.4. The highest BCUT2D eigenvalue weighted by atomic mass is 32.2.